The Hall–Kier alpha value is -1.74. The Bertz CT molecular complexity index is 657. The van der Waals surface area contributed by atoms with Crippen molar-refractivity contribution in [3.05, 3.63) is 64.7 Å². The molecule has 0 bridgehead atoms. The van der Waals surface area contributed by atoms with Crippen LogP contribution >= 0.6 is 0 Å². The lowest BCUT2D eigenvalue weighted by molar-refractivity contribution is 0.102. The zero-order valence-electron chi connectivity index (χ0n) is 12.0. The highest BCUT2D eigenvalue weighted by Crippen LogP contribution is 2.13. The molecule has 0 aliphatic heterocycles. The van der Waals surface area contributed by atoms with Crippen LogP contribution in [-0.2, 0) is 10.8 Å². The van der Waals surface area contributed by atoms with Gasteiger partial charge in [-0.05, 0) is 50.1 Å². The van der Waals surface area contributed by atoms with E-state index < -0.39 is 10.8 Å². The molecule has 0 fully saturated rings. The molecule has 0 radical (unpaired) electrons. The minimum atomic E-state index is -1.28. The second-order valence-electron chi connectivity index (χ2n) is 5.03. The normalized spacial score (nSPS) is 12.2. The van der Waals surface area contributed by atoms with E-state index in [0.29, 0.717) is 10.5 Å². The molecule has 2 aromatic carbocycles. The smallest absolute Gasteiger partial charge is 0.175 e. The first-order valence-corrected chi connectivity index (χ1v) is 7.85. The Labute approximate surface area is 122 Å². The van der Waals surface area contributed by atoms with Crippen LogP contribution in [0.2, 0.25) is 0 Å². The Morgan fingerprint density at radius 1 is 0.950 bits per heavy atom. The number of hydrogen-bond donors (Lipinski definition) is 0. The summed E-state index contributed by atoms with van der Waals surface area (Å²) in [6.07, 6.45) is 0. The van der Waals surface area contributed by atoms with Crippen LogP contribution in [-0.4, -0.2) is 15.7 Å². The van der Waals surface area contributed by atoms with Gasteiger partial charge in [0.2, 0.25) is 0 Å². The van der Waals surface area contributed by atoms with Crippen LogP contribution in [0.3, 0.4) is 0 Å². The van der Waals surface area contributed by atoms with Crippen molar-refractivity contribution in [2.75, 3.05) is 5.75 Å². The minimum absolute atomic E-state index is 0.0333. The maximum Gasteiger partial charge on any atom is 0.175 e. The van der Waals surface area contributed by atoms with E-state index in [1.807, 2.05) is 57.2 Å². The monoisotopic (exact) mass is 286 g/mol. The third kappa shape index (κ3) is 3.42. The molecule has 2 aromatic rings. The molecule has 0 heterocycles. The van der Waals surface area contributed by atoms with Crippen molar-refractivity contribution in [3.8, 4) is 0 Å². The summed E-state index contributed by atoms with van der Waals surface area (Å²) in [5.41, 5.74) is 3.98. The van der Waals surface area contributed by atoms with Crippen LogP contribution in [0.5, 0.6) is 0 Å². The zero-order chi connectivity index (χ0) is 14.7. The van der Waals surface area contributed by atoms with Gasteiger partial charge >= 0.3 is 0 Å². The zero-order valence-corrected chi connectivity index (χ0v) is 12.8. The van der Waals surface area contributed by atoms with E-state index >= 15 is 0 Å². The second kappa shape index (κ2) is 6.14. The predicted molar refractivity (Wildman–Crippen MR) is 82.7 cm³/mol. The van der Waals surface area contributed by atoms with Gasteiger partial charge in [0.1, 0.15) is 0 Å². The number of aryl methyl sites for hydroxylation is 3. The molecule has 0 amide bonds. The summed E-state index contributed by atoms with van der Waals surface area (Å²) >= 11 is 0. The van der Waals surface area contributed by atoms with Gasteiger partial charge in [0.25, 0.3) is 0 Å². The fourth-order valence-corrected chi connectivity index (χ4v) is 2.90. The fourth-order valence-electron chi connectivity index (χ4n) is 1.89. The number of rotatable bonds is 4. The summed E-state index contributed by atoms with van der Waals surface area (Å²) in [7, 11) is -1.28. The summed E-state index contributed by atoms with van der Waals surface area (Å²) in [4.78, 5) is 12.9. The van der Waals surface area contributed by atoms with Crippen LogP contribution < -0.4 is 0 Å². The molecule has 1 atom stereocenters. The van der Waals surface area contributed by atoms with Gasteiger partial charge in [-0.15, -0.1) is 0 Å². The molecule has 20 heavy (non-hydrogen) atoms. The molecule has 0 N–H and O–H groups in total. The van der Waals surface area contributed by atoms with Gasteiger partial charge in [0, 0.05) is 10.5 Å². The first-order chi connectivity index (χ1) is 9.47. The van der Waals surface area contributed by atoms with E-state index in [-0.39, 0.29) is 11.5 Å². The molecule has 0 saturated heterocycles. The van der Waals surface area contributed by atoms with Gasteiger partial charge in [-0.1, -0.05) is 29.8 Å². The molecule has 2 rings (SSSR count). The van der Waals surface area contributed by atoms with E-state index in [1.165, 1.54) is 0 Å². The molecule has 104 valence electrons. The predicted octanol–water partition coefficient (Wildman–Crippen LogP) is 3.60. The topological polar surface area (TPSA) is 34.1 Å². The van der Waals surface area contributed by atoms with Crippen molar-refractivity contribution >= 4 is 16.6 Å². The lowest BCUT2D eigenvalue weighted by atomic mass is 10.0. The van der Waals surface area contributed by atoms with Crippen LogP contribution in [0.1, 0.15) is 27.0 Å². The van der Waals surface area contributed by atoms with E-state index in [2.05, 4.69) is 0 Å². The van der Waals surface area contributed by atoms with Gasteiger partial charge in [-0.3, -0.25) is 9.00 Å². The van der Waals surface area contributed by atoms with Gasteiger partial charge < -0.3 is 0 Å². The molecule has 0 spiro atoms. The molecule has 1 unspecified atom stereocenters. The molecule has 0 aromatic heterocycles. The molecule has 0 aliphatic carbocycles. The van der Waals surface area contributed by atoms with Gasteiger partial charge in [0.05, 0.1) is 16.6 Å². The SMILES string of the molecule is Cc1ccc(S(=O)CC(=O)c2ccc(C)c(C)c2)cc1. The molecule has 2 nitrogen and oxygen atoms in total. The number of hydrogen-bond acceptors (Lipinski definition) is 2. The summed E-state index contributed by atoms with van der Waals surface area (Å²) in [6.45, 7) is 5.96. The summed E-state index contributed by atoms with van der Waals surface area (Å²) in [5, 5.41) is 0. The van der Waals surface area contributed by atoms with Crippen LogP contribution in [0.25, 0.3) is 0 Å². The third-order valence-electron chi connectivity index (χ3n) is 3.37. The average Bonchev–Trinajstić information content (AvgIpc) is 2.42. The summed E-state index contributed by atoms with van der Waals surface area (Å²) < 4.78 is 12.2. The highest BCUT2D eigenvalue weighted by Gasteiger charge is 2.12. The Balaban J connectivity index is 2.13. The van der Waals surface area contributed by atoms with Gasteiger partial charge in [0.15, 0.2) is 5.78 Å². The molecule has 3 heteroatoms. The quantitative estimate of drug-likeness (QED) is 0.805. The van der Waals surface area contributed by atoms with Crippen molar-refractivity contribution in [2.24, 2.45) is 0 Å². The first-order valence-electron chi connectivity index (χ1n) is 6.53. The second-order valence-corrected chi connectivity index (χ2v) is 6.48. The van der Waals surface area contributed by atoms with Gasteiger partial charge in [-0.25, -0.2) is 0 Å². The lowest BCUT2D eigenvalue weighted by Crippen LogP contribution is -2.11. The van der Waals surface area contributed by atoms with Crippen molar-refractivity contribution < 1.29 is 9.00 Å². The van der Waals surface area contributed by atoms with Crippen molar-refractivity contribution in [2.45, 2.75) is 25.7 Å². The Morgan fingerprint density at radius 2 is 1.60 bits per heavy atom. The molecular formula is C17H18O2S. The number of benzene rings is 2. The minimum Gasteiger partial charge on any atom is -0.293 e. The highest BCUT2D eigenvalue weighted by molar-refractivity contribution is 7.85. The molecule has 0 aliphatic rings. The average molecular weight is 286 g/mol. The molecular weight excluding hydrogens is 268 g/mol. The highest BCUT2D eigenvalue weighted by atomic mass is 32.2. The maximum absolute atomic E-state index is 12.2. The standard InChI is InChI=1S/C17H18O2S/c1-12-4-8-16(9-5-12)20(19)11-17(18)15-7-6-13(2)14(3)10-15/h4-10H,11H2,1-3H3. The molecule has 0 saturated carbocycles. The van der Waals surface area contributed by atoms with Crippen molar-refractivity contribution in [3.63, 3.8) is 0 Å². The summed E-state index contributed by atoms with van der Waals surface area (Å²) in [6, 6.07) is 13.1. The number of carbonyl (C=O) groups is 1. The van der Waals surface area contributed by atoms with Crippen LogP contribution in [0.15, 0.2) is 47.4 Å². The van der Waals surface area contributed by atoms with Crippen LogP contribution in [0, 0.1) is 20.8 Å². The van der Waals surface area contributed by atoms with Crippen LogP contribution in [0.4, 0.5) is 0 Å². The van der Waals surface area contributed by atoms with Crippen molar-refractivity contribution in [1.29, 1.82) is 0 Å². The largest absolute Gasteiger partial charge is 0.293 e. The third-order valence-corrected chi connectivity index (χ3v) is 4.70. The van der Waals surface area contributed by atoms with E-state index in [9.17, 15) is 9.00 Å². The van der Waals surface area contributed by atoms with E-state index in [1.54, 1.807) is 6.07 Å². The summed E-state index contributed by atoms with van der Waals surface area (Å²) in [5.74, 6) is -0.0435. The van der Waals surface area contributed by atoms with Gasteiger partial charge in [-0.2, -0.15) is 0 Å². The number of Topliss-reactive ketones (excluding diaryl/α,β-unsaturated/α-hetero) is 1. The van der Waals surface area contributed by atoms with Crippen molar-refractivity contribution in [1.82, 2.24) is 0 Å². The van der Waals surface area contributed by atoms with E-state index in [0.717, 1.165) is 16.7 Å². The number of ketones is 1. The Morgan fingerprint density at radius 3 is 2.20 bits per heavy atom. The lowest BCUT2D eigenvalue weighted by Gasteiger charge is -2.05. The number of carbonyl (C=O) groups excluding carboxylic acids is 1. The van der Waals surface area contributed by atoms with E-state index in [4.69, 9.17) is 0 Å². The maximum atomic E-state index is 12.2. The Kier molecular flexibility index (Phi) is 4.50. The fraction of sp³-hybridized carbons (Fsp3) is 0.235. The first kappa shape index (κ1) is 14.7.